The molecule has 21 heavy (non-hydrogen) atoms. The Kier molecular flexibility index (Phi) is 10.7. The molecule has 0 radical (unpaired) electrons. The molecule has 0 aromatic rings. The van der Waals surface area contributed by atoms with Crippen molar-refractivity contribution in [1.29, 1.82) is 0 Å². The Morgan fingerprint density at radius 3 is 2.38 bits per heavy atom. The molecule has 0 rings (SSSR count). The third-order valence-corrected chi connectivity index (χ3v) is 2.84. The molecule has 1 atom stereocenters. The lowest BCUT2D eigenvalue weighted by atomic mass is 10.2. The van der Waals surface area contributed by atoms with Crippen LogP contribution in [0.1, 0.15) is 46.5 Å². The third-order valence-electron chi connectivity index (χ3n) is 2.84. The number of esters is 1. The molecule has 1 amide bonds. The van der Waals surface area contributed by atoms with Crippen molar-refractivity contribution in [3.05, 3.63) is 0 Å². The van der Waals surface area contributed by atoms with E-state index in [-0.39, 0.29) is 18.6 Å². The molecule has 124 valence electrons. The molecule has 0 aliphatic carbocycles. The van der Waals surface area contributed by atoms with Crippen LogP contribution < -0.4 is 5.32 Å². The van der Waals surface area contributed by atoms with Crippen molar-refractivity contribution in [2.45, 2.75) is 52.6 Å². The average Bonchev–Trinajstić information content (AvgIpc) is 2.41. The molecule has 0 fully saturated rings. The molecule has 0 saturated heterocycles. The fourth-order valence-electron chi connectivity index (χ4n) is 1.53. The van der Waals surface area contributed by atoms with E-state index in [0.717, 1.165) is 12.8 Å². The normalized spacial score (nSPS) is 12.3. The van der Waals surface area contributed by atoms with Gasteiger partial charge in [0.2, 0.25) is 0 Å². The summed E-state index contributed by atoms with van der Waals surface area (Å²) in [6.45, 7) is 6.86. The number of carbonyl (C=O) groups is 2. The van der Waals surface area contributed by atoms with Crippen molar-refractivity contribution in [1.82, 2.24) is 10.2 Å². The Hall–Kier alpha value is -1.30. The lowest BCUT2D eigenvalue weighted by molar-refractivity contribution is -0.145. The number of alkyl carbamates (subject to hydrolysis) is 1. The molecule has 0 aliphatic rings. The van der Waals surface area contributed by atoms with Gasteiger partial charge in [-0.05, 0) is 32.9 Å². The number of hydrogen-bond acceptors (Lipinski definition) is 5. The van der Waals surface area contributed by atoms with E-state index in [0.29, 0.717) is 25.6 Å². The first kappa shape index (κ1) is 19.7. The second kappa shape index (κ2) is 11.4. The molecule has 0 bridgehead atoms. The van der Waals surface area contributed by atoms with Gasteiger partial charge in [-0.25, -0.2) is 4.79 Å². The molecule has 0 aromatic carbocycles. The number of amides is 1. The van der Waals surface area contributed by atoms with Crippen LogP contribution >= 0.6 is 0 Å². The molecule has 1 N–H and O–H groups in total. The van der Waals surface area contributed by atoms with E-state index in [1.807, 2.05) is 39.8 Å². The average molecular weight is 302 g/mol. The van der Waals surface area contributed by atoms with Gasteiger partial charge in [0.1, 0.15) is 0 Å². The molecule has 0 heterocycles. The molecule has 0 aromatic heterocycles. The van der Waals surface area contributed by atoms with Gasteiger partial charge in [-0.2, -0.15) is 0 Å². The van der Waals surface area contributed by atoms with Gasteiger partial charge in [-0.15, -0.1) is 0 Å². The zero-order valence-corrected chi connectivity index (χ0v) is 14.0. The second-order valence-corrected chi connectivity index (χ2v) is 5.73. The zero-order valence-electron chi connectivity index (χ0n) is 14.0. The van der Waals surface area contributed by atoms with Gasteiger partial charge in [0, 0.05) is 6.42 Å². The zero-order chi connectivity index (χ0) is 16.3. The Balaban J connectivity index is 4.07. The van der Waals surface area contributed by atoms with E-state index < -0.39 is 6.09 Å². The fourth-order valence-corrected chi connectivity index (χ4v) is 1.53. The predicted octanol–water partition coefficient (Wildman–Crippen LogP) is 2.38. The summed E-state index contributed by atoms with van der Waals surface area (Å²) in [4.78, 5) is 25.0. The van der Waals surface area contributed by atoms with Crippen LogP contribution in [0.3, 0.4) is 0 Å². The quantitative estimate of drug-likeness (QED) is 0.381. The van der Waals surface area contributed by atoms with Crippen molar-refractivity contribution >= 4 is 12.1 Å². The molecular weight excluding hydrogens is 272 g/mol. The van der Waals surface area contributed by atoms with E-state index in [4.69, 9.17) is 9.47 Å². The van der Waals surface area contributed by atoms with E-state index in [1.165, 1.54) is 0 Å². The predicted molar refractivity (Wildman–Crippen MR) is 81.9 cm³/mol. The molecule has 0 saturated carbocycles. The van der Waals surface area contributed by atoms with Crippen molar-refractivity contribution in [2.24, 2.45) is 5.92 Å². The minimum Gasteiger partial charge on any atom is -0.465 e. The van der Waals surface area contributed by atoms with Crippen molar-refractivity contribution in [3.63, 3.8) is 0 Å². The smallest absolute Gasteiger partial charge is 0.408 e. The third kappa shape index (κ3) is 11.1. The maximum Gasteiger partial charge on any atom is 0.408 e. The van der Waals surface area contributed by atoms with E-state index >= 15 is 0 Å². The highest BCUT2D eigenvalue weighted by Gasteiger charge is 2.17. The van der Waals surface area contributed by atoms with Gasteiger partial charge >= 0.3 is 12.1 Å². The summed E-state index contributed by atoms with van der Waals surface area (Å²) in [5.74, 6) is 0.0852. The highest BCUT2D eigenvalue weighted by atomic mass is 16.5. The minimum absolute atomic E-state index is 0.239. The summed E-state index contributed by atoms with van der Waals surface area (Å²) >= 11 is 0. The monoisotopic (exact) mass is 302 g/mol. The van der Waals surface area contributed by atoms with Crippen LogP contribution in [0.4, 0.5) is 4.79 Å². The Morgan fingerprint density at radius 1 is 1.19 bits per heavy atom. The second-order valence-electron chi connectivity index (χ2n) is 5.73. The maximum absolute atomic E-state index is 11.6. The van der Waals surface area contributed by atoms with Gasteiger partial charge in [-0.3, -0.25) is 9.69 Å². The first-order valence-electron chi connectivity index (χ1n) is 7.62. The fraction of sp³-hybridized carbons (Fsp3) is 0.867. The molecule has 0 spiro atoms. The number of nitrogens with one attached hydrogen (secondary N) is 1. The number of nitrogens with zero attached hydrogens (tertiary/aromatic N) is 1. The van der Waals surface area contributed by atoms with Crippen LogP contribution in [0.2, 0.25) is 0 Å². The summed E-state index contributed by atoms with van der Waals surface area (Å²) in [5.41, 5.74) is 0. The summed E-state index contributed by atoms with van der Waals surface area (Å²) < 4.78 is 10.2. The number of hydrogen-bond donors (Lipinski definition) is 1. The van der Waals surface area contributed by atoms with Gasteiger partial charge in [0.15, 0.2) is 0 Å². The Morgan fingerprint density at radius 2 is 1.86 bits per heavy atom. The lowest BCUT2D eigenvalue weighted by Crippen LogP contribution is -2.45. The lowest BCUT2D eigenvalue weighted by Gasteiger charge is -2.24. The number of rotatable bonds is 10. The SMILES string of the molecule is CCCCOC(=O)NC(CCC(=O)OCC(C)C)N(C)C. The van der Waals surface area contributed by atoms with E-state index in [2.05, 4.69) is 5.32 Å². The van der Waals surface area contributed by atoms with Gasteiger partial charge in [-0.1, -0.05) is 27.2 Å². The number of carbonyl (C=O) groups excluding carboxylic acids is 2. The van der Waals surface area contributed by atoms with Crippen LogP contribution in [-0.2, 0) is 14.3 Å². The summed E-state index contributed by atoms with van der Waals surface area (Å²) in [5, 5.41) is 2.75. The van der Waals surface area contributed by atoms with Crippen LogP contribution in [0.25, 0.3) is 0 Å². The number of ether oxygens (including phenoxy) is 2. The maximum atomic E-state index is 11.6. The summed E-state index contributed by atoms with van der Waals surface area (Å²) in [7, 11) is 3.69. The van der Waals surface area contributed by atoms with Crippen LogP contribution in [-0.4, -0.2) is 50.4 Å². The topological polar surface area (TPSA) is 67.9 Å². The minimum atomic E-state index is -0.447. The highest BCUT2D eigenvalue weighted by Crippen LogP contribution is 2.04. The van der Waals surface area contributed by atoms with Crippen LogP contribution in [0, 0.1) is 5.92 Å². The Bertz CT molecular complexity index is 306. The van der Waals surface area contributed by atoms with Crippen LogP contribution in [0.5, 0.6) is 0 Å². The van der Waals surface area contributed by atoms with Crippen molar-refractivity contribution in [2.75, 3.05) is 27.3 Å². The summed E-state index contributed by atoms with van der Waals surface area (Å²) in [6, 6.07) is 0. The molecule has 6 nitrogen and oxygen atoms in total. The molecular formula is C15H30N2O4. The van der Waals surface area contributed by atoms with Crippen LogP contribution in [0.15, 0.2) is 0 Å². The van der Waals surface area contributed by atoms with Gasteiger partial charge in [0.25, 0.3) is 0 Å². The van der Waals surface area contributed by atoms with Gasteiger partial charge < -0.3 is 14.8 Å². The molecule has 1 unspecified atom stereocenters. The molecule has 0 aliphatic heterocycles. The highest BCUT2D eigenvalue weighted by molar-refractivity contribution is 5.70. The van der Waals surface area contributed by atoms with Gasteiger partial charge in [0.05, 0.1) is 19.4 Å². The van der Waals surface area contributed by atoms with Crippen molar-refractivity contribution in [3.8, 4) is 0 Å². The first-order chi connectivity index (χ1) is 9.86. The van der Waals surface area contributed by atoms with Crippen molar-refractivity contribution < 1.29 is 19.1 Å². The first-order valence-corrected chi connectivity index (χ1v) is 7.62. The standard InChI is InChI=1S/C15H30N2O4/c1-6-7-10-20-15(19)16-13(17(4)5)8-9-14(18)21-11-12(2)3/h12-13H,6-11H2,1-5H3,(H,16,19). The molecule has 6 heteroatoms. The summed E-state index contributed by atoms with van der Waals surface area (Å²) in [6.07, 6.45) is 1.90. The largest absolute Gasteiger partial charge is 0.465 e. The van der Waals surface area contributed by atoms with E-state index in [1.54, 1.807) is 0 Å². The number of unbranched alkanes of at least 4 members (excludes halogenated alkanes) is 1. The Labute approximate surface area is 128 Å². The van der Waals surface area contributed by atoms with E-state index in [9.17, 15) is 9.59 Å².